The predicted molar refractivity (Wildman–Crippen MR) is 76.6 cm³/mol. The first-order valence-electron chi connectivity index (χ1n) is 5.64. The molecule has 3 aromatic rings. The highest BCUT2D eigenvalue weighted by Gasteiger charge is 2.09. The molecular weight excluding hydrogens is 244 g/mol. The summed E-state index contributed by atoms with van der Waals surface area (Å²) in [7, 11) is 0. The molecule has 2 aromatic carbocycles. The Balaban J connectivity index is 2.31. The molecule has 1 aromatic heterocycles. The number of pyridine rings is 1. The number of hydrogen-bond donors (Lipinski definition) is 1. The number of hydrogen-bond acceptors (Lipinski definition) is 2. The molecular formula is C15H11ClN2. The van der Waals surface area contributed by atoms with Crippen molar-refractivity contribution in [3.8, 4) is 11.1 Å². The van der Waals surface area contributed by atoms with Gasteiger partial charge in [-0.3, -0.25) is 4.98 Å². The van der Waals surface area contributed by atoms with E-state index in [4.69, 9.17) is 17.3 Å². The minimum atomic E-state index is 0.706. The van der Waals surface area contributed by atoms with E-state index in [-0.39, 0.29) is 0 Å². The molecule has 0 aliphatic rings. The fourth-order valence-electron chi connectivity index (χ4n) is 2.11. The van der Waals surface area contributed by atoms with E-state index in [0.717, 1.165) is 27.6 Å². The standard InChI is InChI=1S/C15H11ClN2/c16-14-4-2-1-3-12(14)13-6-5-10-9-18-8-7-11(10)15(13)17/h1-9H,17H2. The second-order valence-electron chi connectivity index (χ2n) is 4.10. The van der Waals surface area contributed by atoms with Gasteiger partial charge in [0, 0.05) is 45.0 Å². The smallest absolute Gasteiger partial charge is 0.0485 e. The number of nitrogen functional groups attached to an aromatic ring is 1. The molecule has 0 radical (unpaired) electrons. The van der Waals surface area contributed by atoms with Crippen molar-refractivity contribution in [3.05, 3.63) is 59.9 Å². The summed E-state index contributed by atoms with van der Waals surface area (Å²) in [4.78, 5) is 4.09. The minimum Gasteiger partial charge on any atom is -0.398 e. The molecule has 3 heteroatoms. The Labute approximate surface area is 110 Å². The predicted octanol–water partition coefficient (Wildman–Crippen LogP) is 4.14. The molecule has 3 rings (SSSR count). The van der Waals surface area contributed by atoms with E-state index >= 15 is 0 Å². The number of aromatic nitrogens is 1. The Kier molecular flexibility index (Phi) is 2.65. The van der Waals surface area contributed by atoms with Crippen LogP contribution < -0.4 is 5.73 Å². The lowest BCUT2D eigenvalue weighted by Gasteiger charge is -2.10. The summed E-state index contributed by atoms with van der Waals surface area (Å²) in [5.74, 6) is 0. The molecule has 0 fully saturated rings. The van der Waals surface area contributed by atoms with Gasteiger partial charge in [-0.15, -0.1) is 0 Å². The molecule has 2 N–H and O–H groups in total. The van der Waals surface area contributed by atoms with Crippen LogP contribution in [0.3, 0.4) is 0 Å². The molecule has 2 nitrogen and oxygen atoms in total. The summed E-state index contributed by atoms with van der Waals surface area (Å²) in [6.07, 6.45) is 3.55. The van der Waals surface area contributed by atoms with Gasteiger partial charge in [-0.25, -0.2) is 0 Å². The molecule has 0 spiro atoms. The molecule has 0 saturated heterocycles. The summed E-state index contributed by atoms with van der Waals surface area (Å²) < 4.78 is 0. The number of fused-ring (bicyclic) bond motifs is 1. The van der Waals surface area contributed by atoms with Crippen molar-refractivity contribution in [3.63, 3.8) is 0 Å². The van der Waals surface area contributed by atoms with Crippen LogP contribution in [0.2, 0.25) is 5.02 Å². The second-order valence-corrected chi connectivity index (χ2v) is 4.51. The number of rotatable bonds is 1. The van der Waals surface area contributed by atoms with Crippen LogP contribution in [-0.2, 0) is 0 Å². The van der Waals surface area contributed by atoms with Crippen LogP contribution in [0.25, 0.3) is 21.9 Å². The van der Waals surface area contributed by atoms with Crippen LogP contribution in [0.1, 0.15) is 0 Å². The number of nitrogens with two attached hydrogens (primary N) is 1. The number of nitrogens with zero attached hydrogens (tertiary/aromatic N) is 1. The van der Waals surface area contributed by atoms with E-state index in [1.807, 2.05) is 48.7 Å². The molecule has 1 heterocycles. The lowest BCUT2D eigenvalue weighted by molar-refractivity contribution is 1.36. The monoisotopic (exact) mass is 254 g/mol. The van der Waals surface area contributed by atoms with Gasteiger partial charge in [-0.2, -0.15) is 0 Å². The lowest BCUT2D eigenvalue weighted by atomic mass is 10.00. The third kappa shape index (κ3) is 1.71. The van der Waals surface area contributed by atoms with Crippen LogP contribution in [0.5, 0.6) is 0 Å². The van der Waals surface area contributed by atoms with Crippen molar-refractivity contribution in [1.29, 1.82) is 0 Å². The molecule has 0 aliphatic heterocycles. The Morgan fingerprint density at radius 3 is 2.61 bits per heavy atom. The summed E-state index contributed by atoms with van der Waals surface area (Å²) in [5, 5.41) is 2.74. The fraction of sp³-hybridized carbons (Fsp3) is 0. The zero-order valence-corrected chi connectivity index (χ0v) is 10.4. The normalized spacial score (nSPS) is 10.7. The molecule has 0 amide bonds. The van der Waals surface area contributed by atoms with Crippen molar-refractivity contribution in [1.82, 2.24) is 4.98 Å². The SMILES string of the molecule is Nc1c(-c2ccccc2Cl)ccc2cnccc12. The molecule has 18 heavy (non-hydrogen) atoms. The van der Waals surface area contributed by atoms with E-state index in [0.29, 0.717) is 5.02 Å². The van der Waals surface area contributed by atoms with Crippen LogP contribution in [0, 0.1) is 0 Å². The number of anilines is 1. The summed E-state index contributed by atoms with van der Waals surface area (Å²) >= 11 is 6.21. The maximum absolute atomic E-state index is 6.23. The zero-order chi connectivity index (χ0) is 12.5. The van der Waals surface area contributed by atoms with Gasteiger partial charge >= 0.3 is 0 Å². The highest BCUT2D eigenvalue weighted by Crippen LogP contribution is 2.35. The Morgan fingerprint density at radius 2 is 1.78 bits per heavy atom. The largest absolute Gasteiger partial charge is 0.398 e. The first-order valence-corrected chi connectivity index (χ1v) is 6.02. The maximum Gasteiger partial charge on any atom is 0.0485 e. The zero-order valence-electron chi connectivity index (χ0n) is 9.60. The second kappa shape index (κ2) is 4.31. The summed E-state index contributed by atoms with van der Waals surface area (Å²) in [6.45, 7) is 0. The van der Waals surface area contributed by atoms with Gasteiger partial charge in [0.2, 0.25) is 0 Å². The van der Waals surface area contributed by atoms with Gasteiger partial charge in [0.15, 0.2) is 0 Å². The van der Waals surface area contributed by atoms with Crippen LogP contribution in [0.15, 0.2) is 54.9 Å². The fourth-order valence-corrected chi connectivity index (χ4v) is 2.34. The summed E-state index contributed by atoms with van der Waals surface area (Å²) in [5.41, 5.74) is 8.88. The van der Waals surface area contributed by atoms with Gasteiger partial charge in [0.25, 0.3) is 0 Å². The van der Waals surface area contributed by atoms with Crippen LogP contribution in [0.4, 0.5) is 5.69 Å². The molecule has 0 saturated carbocycles. The quantitative estimate of drug-likeness (QED) is 0.663. The van der Waals surface area contributed by atoms with E-state index < -0.39 is 0 Å². The van der Waals surface area contributed by atoms with E-state index in [1.54, 1.807) is 6.20 Å². The molecule has 0 atom stereocenters. The average molecular weight is 255 g/mol. The van der Waals surface area contributed by atoms with Gasteiger partial charge in [-0.1, -0.05) is 41.9 Å². The highest BCUT2D eigenvalue weighted by molar-refractivity contribution is 6.33. The topological polar surface area (TPSA) is 38.9 Å². The van der Waals surface area contributed by atoms with Crippen molar-refractivity contribution in [2.45, 2.75) is 0 Å². The third-order valence-corrected chi connectivity index (χ3v) is 3.36. The first-order chi connectivity index (χ1) is 8.77. The molecule has 0 unspecified atom stereocenters. The lowest BCUT2D eigenvalue weighted by Crippen LogP contribution is -1.92. The number of benzene rings is 2. The third-order valence-electron chi connectivity index (χ3n) is 3.03. The molecule has 88 valence electrons. The van der Waals surface area contributed by atoms with E-state index in [9.17, 15) is 0 Å². The highest BCUT2D eigenvalue weighted by atomic mass is 35.5. The van der Waals surface area contributed by atoms with Gasteiger partial charge in [0.1, 0.15) is 0 Å². The Hall–Kier alpha value is -2.06. The average Bonchev–Trinajstić information content (AvgIpc) is 2.41. The van der Waals surface area contributed by atoms with Gasteiger partial charge < -0.3 is 5.73 Å². The molecule has 0 bridgehead atoms. The van der Waals surface area contributed by atoms with Gasteiger partial charge in [-0.05, 0) is 12.1 Å². The van der Waals surface area contributed by atoms with Crippen molar-refractivity contribution in [2.24, 2.45) is 0 Å². The van der Waals surface area contributed by atoms with E-state index in [2.05, 4.69) is 4.98 Å². The Morgan fingerprint density at radius 1 is 0.944 bits per heavy atom. The number of halogens is 1. The maximum atomic E-state index is 6.23. The Bertz CT molecular complexity index is 723. The van der Waals surface area contributed by atoms with E-state index in [1.165, 1.54) is 0 Å². The van der Waals surface area contributed by atoms with Crippen LogP contribution in [-0.4, -0.2) is 4.98 Å². The first kappa shape index (κ1) is 11.1. The minimum absolute atomic E-state index is 0.706. The van der Waals surface area contributed by atoms with Crippen molar-refractivity contribution in [2.75, 3.05) is 5.73 Å². The van der Waals surface area contributed by atoms with Crippen molar-refractivity contribution < 1.29 is 0 Å². The van der Waals surface area contributed by atoms with Crippen LogP contribution >= 0.6 is 11.6 Å². The summed E-state index contributed by atoms with van der Waals surface area (Å²) in [6, 6.07) is 13.6. The van der Waals surface area contributed by atoms with Crippen molar-refractivity contribution >= 4 is 28.1 Å². The van der Waals surface area contributed by atoms with Gasteiger partial charge in [0.05, 0.1) is 0 Å². The molecule has 0 aliphatic carbocycles.